The molecule has 0 spiro atoms. The van der Waals surface area contributed by atoms with Gasteiger partial charge in [-0.05, 0) is 68.4 Å². The van der Waals surface area contributed by atoms with Crippen molar-refractivity contribution in [3.63, 3.8) is 0 Å². The van der Waals surface area contributed by atoms with Gasteiger partial charge in [0, 0.05) is 56.7 Å². The first kappa shape index (κ1) is 27.7. The van der Waals surface area contributed by atoms with Crippen LogP contribution in [0.3, 0.4) is 0 Å². The molecule has 11 heteroatoms. The lowest BCUT2D eigenvalue weighted by molar-refractivity contribution is -0.274. The molecule has 2 saturated heterocycles. The number of benzene rings is 2. The van der Waals surface area contributed by atoms with E-state index in [-0.39, 0.29) is 37.0 Å². The van der Waals surface area contributed by atoms with E-state index in [1.807, 2.05) is 11.9 Å². The van der Waals surface area contributed by atoms with Crippen LogP contribution in [-0.4, -0.2) is 85.8 Å². The molecule has 7 nitrogen and oxygen atoms in total. The maximum atomic E-state index is 13.4. The second kappa shape index (κ2) is 11.6. The van der Waals surface area contributed by atoms with E-state index < -0.39 is 23.3 Å². The van der Waals surface area contributed by atoms with Gasteiger partial charge in [-0.25, -0.2) is 4.39 Å². The van der Waals surface area contributed by atoms with E-state index in [9.17, 15) is 27.2 Å². The first-order chi connectivity index (χ1) is 18.0. The van der Waals surface area contributed by atoms with Crippen LogP contribution in [0.5, 0.6) is 11.5 Å². The maximum absolute atomic E-state index is 13.4. The molecule has 1 unspecified atom stereocenters. The summed E-state index contributed by atoms with van der Waals surface area (Å²) in [7, 11) is 2.01. The quantitative estimate of drug-likeness (QED) is 0.496. The third-order valence-corrected chi connectivity index (χ3v) is 7.02. The Balaban J connectivity index is 1.50. The number of carbonyl (C=O) groups is 2. The van der Waals surface area contributed by atoms with E-state index >= 15 is 0 Å². The molecular formula is C27H31F4N3O4. The Labute approximate surface area is 218 Å². The van der Waals surface area contributed by atoms with E-state index in [1.54, 1.807) is 4.90 Å². The van der Waals surface area contributed by atoms with Crippen LogP contribution in [0.15, 0.2) is 48.5 Å². The first-order valence-electron chi connectivity index (χ1n) is 12.5. The van der Waals surface area contributed by atoms with Crippen LogP contribution in [0.1, 0.15) is 29.6 Å². The molecule has 4 rings (SSSR count). The maximum Gasteiger partial charge on any atom is 0.573 e. The van der Waals surface area contributed by atoms with Crippen molar-refractivity contribution < 1.29 is 36.6 Å². The Morgan fingerprint density at radius 1 is 0.895 bits per heavy atom. The zero-order valence-corrected chi connectivity index (χ0v) is 21.2. The predicted molar refractivity (Wildman–Crippen MR) is 131 cm³/mol. The van der Waals surface area contributed by atoms with Gasteiger partial charge in [-0.2, -0.15) is 0 Å². The molecule has 2 amide bonds. The number of carbonyl (C=O) groups excluding carboxylic acids is 2. The van der Waals surface area contributed by atoms with Crippen LogP contribution >= 0.6 is 0 Å². The Bertz CT molecular complexity index is 1100. The Morgan fingerprint density at radius 3 is 2.16 bits per heavy atom. The number of hydrogen-bond acceptors (Lipinski definition) is 5. The fourth-order valence-electron chi connectivity index (χ4n) is 4.93. The van der Waals surface area contributed by atoms with Crippen LogP contribution in [-0.2, 0) is 4.79 Å². The van der Waals surface area contributed by atoms with Gasteiger partial charge in [0.2, 0.25) is 5.91 Å². The molecule has 0 saturated carbocycles. The zero-order chi connectivity index (χ0) is 27.3. The third kappa shape index (κ3) is 7.37. The number of hydrogen-bond donors (Lipinski definition) is 0. The van der Waals surface area contributed by atoms with Gasteiger partial charge in [0.15, 0.2) is 0 Å². The zero-order valence-electron chi connectivity index (χ0n) is 21.2. The highest BCUT2D eigenvalue weighted by molar-refractivity contribution is 5.94. The van der Waals surface area contributed by atoms with Gasteiger partial charge in [-0.3, -0.25) is 9.59 Å². The summed E-state index contributed by atoms with van der Waals surface area (Å²) in [5, 5.41) is 0. The van der Waals surface area contributed by atoms with Crippen molar-refractivity contribution in [1.82, 2.24) is 14.7 Å². The van der Waals surface area contributed by atoms with Crippen molar-refractivity contribution in [2.75, 3.05) is 52.9 Å². The van der Waals surface area contributed by atoms with E-state index in [1.165, 1.54) is 36.4 Å². The normalized spacial score (nSPS) is 20.8. The highest BCUT2D eigenvalue weighted by Gasteiger charge is 2.41. The highest BCUT2D eigenvalue weighted by Crippen LogP contribution is 2.36. The van der Waals surface area contributed by atoms with Gasteiger partial charge in [-0.15, -0.1) is 13.2 Å². The summed E-state index contributed by atoms with van der Waals surface area (Å²) < 4.78 is 60.7. The van der Waals surface area contributed by atoms with Crippen molar-refractivity contribution in [3.8, 4) is 11.5 Å². The standard InChI is InChI=1S/C27H31F4N3O4/c1-32-13-15-33(16-14-32)24(35)17-26(19-37-22-9-5-21(28)6-10-22)11-2-12-34(18-26)25(36)20-3-7-23(8-4-20)38-27(29,30)31/h3-10H,2,11-19H2,1H3. The largest absolute Gasteiger partial charge is 0.573 e. The molecule has 0 N–H and O–H groups in total. The minimum atomic E-state index is -4.82. The molecule has 0 aliphatic carbocycles. The Morgan fingerprint density at radius 2 is 1.53 bits per heavy atom. The topological polar surface area (TPSA) is 62.3 Å². The van der Waals surface area contributed by atoms with Gasteiger partial charge in [0.1, 0.15) is 17.3 Å². The molecule has 2 aliphatic rings. The highest BCUT2D eigenvalue weighted by atomic mass is 19.4. The van der Waals surface area contributed by atoms with Crippen LogP contribution in [0, 0.1) is 11.2 Å². The molecule has 2 aromatic carbocycles. The summed E-state index contributed by atoms with van der Waals surface area (Å²) in [5.41, 5.74) is -0.456. The molecule has 2 aromatic rings. The molecule has 2 fully saturated rings. The van der Waals surface area contributed by atoms with Crippen molar-refractivity contribution >= 4 is 11.8 Å². The molecule has 1 atom stereocenters. The SMILES string of the molecule is CN1CCN(C(=O)CC2(COc3ccc(F)cc3)CCCN(C(=O)c3ccc(OC(F)(F)F)cc3)C2)CC1. The minimum Gasteiger partial charge on any atom is -0.493 e. The number of likely N-dealkylation sites (N-methyl/N-ethyl adjacent to an activating group) is 1. The van der Waals surface area contributed by atoms with Gasteiger partial charge >= 0.3 is 6.36 Å². The Kier molecular flexibility index (Phi) is 8.44. The summed E-state index contributed by atoms with van der Waals surface area (Å²) in [6.07, 6.45) is -3.36. The van der Waals surface area contributed by atoms with Crippen LogP contribution in [0.2, 0.25) is 0 Å². The van der Waals surface area contributed by atoms with E-state index in [4.69, 9.17) is 4.74 Å². The van der Waals surface area contributed by atoms with E-state index in [0.29, 0.717) is 38.2 Å². The summed E-state index contributed by atoms with van der Waals surface area (Å²) in [5.74, 6) is -0.697. The van der Waals surface area contributed by atoms with Gasteiger partial charge in [0.25, 0.3) is 5.91 Å². The second-order valence-electron chi connectivity index (χ2n) is 10.0. The van der Waals surface area contributed by atoms with Crippen molar-refractivity contribution in [2.45, 2.75) is 25.6 Å². The lowest BCUT2D eigenvalue weighted by Crippen LogP contribution is -2.53. The van der Waals surface area contributed by atoms with Crippen LogP contribution < -0.4 is 9.47 Å². The summed E-state index contributed by atoms with van der Waals surface area (Å²) in [4.78, 5) is 32.2. The van der Waals surface area contributed by atoms with Gasteiger partial charge in [0.05, 0.1) is 6.61 Å². The average Bonchev–Trinajstić information content (AvgIpc) is 2.88. The molecular weight excluding hydrogens is 506 g/mol. The second-order valence-corrected chi connectivity index (χ2v) is 10.0. The monoisotopic (exact) mass is 537 g/mol. The number of halogens is 4. The first-order valence-corrected chi connectivity index (χ1v) is 12.5. The minimum absolute atomic E-state index is 0.0104. The fraction of sp³-hybridized carbons (Fsp3) is 0.481. The predicted octanol–water partition coefficient (Wildman–Crippen LogP) is 4.19. The van der Waals surface area contributed by atoms with Crippen LogP contribution in [0.4, 0.5) is 17.6 Å². The lowest BCUT2D eigenvalue weighted by atomic mass is 9.77. The number of amides is 2. The van der Waals surface area contributed by atoms with Crippen molar-refractivity contribution in [3.05, 3.63) is 59.9 Å². The number of piperidine rings is 1. The number of alkyl halides is 3. The molecule has 2 heterocycles. The number of rotatable bonds is 7. The summed E-state index contributed by atoms with van der Waals surface area (Å²) >= 11 is 0. The van der Waals surface area contributed by atoms with E-state index in [2.05, 4.69) is 9.64 Å². The lowest BCUT2D eigenvalue weighted by Gasteiger charge is -2.43. The summed E-state index contributed by atoms with van der Waals surface area (Å²) in [6, 6.07) is 10.4. The van der Waals surface area contributed by atoms with Gasteiger partial charge < -0.3 is 24.2 Å². The smallest absolute Gasteiger partial charge is 0.493 e. The Hall–Kier alpha value is -3.34. The number of piperazine rings is 1. The third-order valence-electron chi connectivity index (χ3n) is 7.02. The fourth-order valence-corrected chi connectivity index (χ4v) is 4.93. The van der Waals surface area contributed by atoms with Crippen molar-refractivity contribution in [2.24, 2.45) is 5.41 Å². The number of likely N-dealkylation sites (tertiary alicyclic amines) is 1. The molecule has 206 valence electrons. The van der Waals surface area contributed by atoms with Crippen molar-refractivity contribution in [1.29, 1.82) is 0 Å². The molecule has 0 aromatic heterocycles. The average molecular weight is 538 g/mol. The number of nitrogens with zero attached hydrogens (tertiary/aromatic N) is 3. The van der Waals surface area contributed by atoms with Gasteiger partial charge in [-0.1, -0.05) is 0 Å². The molecule has 0 bridgehead atoms. The molecule has 2 aliphatic heterocycles. The number of ether oxygens (including phenoxy) is 2. The molecule has 0 radical (unpaired) electrons. The van der Waals surface area contributed by atoms with E-state index in [0.717, 1.165) is 25.2 Å². The molecule has 38 heavy (non-hydrogen) atoms. The summed E-state index contributed by atoms with van der Waals surface area (Å²) in [6.45, 7) is 3.65. The van der Waals surface area contributed by atoms with Crippen LogP contribution in [0.25, 0.3) is 0 Å².